The Labute approximate surface area is 204 Å². The summed E-state index contributed by atoms with van der Waals surface area (Å²) in [4.78, 5) is 33.6. The zero-order valence-electron chi connectivity index (χ0n) is 18.5. The van der Waals surface area contributed by atoms with Crippen molar-refractivity contribution in [2.45, 2.75) is 37.5 Å². The maximum atomic E-state index is 13.0. The number of nitrogens with zero attached hydrogens (tertiary/aromatic N) is 3. The molecule has 5 rings (SSSR count). The van der Waals surface area contributed by atoms with Gasteiger partial charge in [-0.2, -0.15) is 0 Å². The zero-order valence-corrected chi connectivity index (χ0v) is 20.2. The van der Waals surface area contributed by atoms with E-state index in [1.165, 1.54) is 23.1 Å². The van der Waals surface area contributed by atoms with Crippen LogP contribution in [0.5, 0.6) is 0 Å². The van der Waals surface area contributed by atoms with Gasteiger partial charge in [0.25, 0.3) is 5.91 Å². The van der Waals surface area contributed by atoms with Crippen LogP contribution in [-0.4, -0.2) is 26.9 Å². The topological polar surface area (TPSA) is 110 Å². The van der Waals surface area contributed by atoms with Gasteiger partial charge in [0, 0.05) is 40.6 Å². The van der Waals surface area contributed by atoms with Gasteiger partial charge in [0.05, 0.1) is 17.0 Å². The summed E-state index contributed by atoms with van der Waals surface area (Å²) in [6, 6.07) is 9.37. The summed E-state index contributed by atoms with van der Waals surface area (Å²) < 4.78 is 5.23. The van der Waals surface area contributed by atoms with Crippen molar-refractivity contribution in [1.82, 2.24) is 15.1 Å². The van der Waals surface area contributed by atoms with E-state index in [0.29, 0.717) is 34.3 Å². The van der Waals surface area contributed by atoms with Gasteiger partial charge in [0.15, 0.2) is 5.13 Å². The summed E-state index contributed by atoms with van der Waals surface area (Å²) in [6.07, 6.45) is 2.86. The summed E-state index contributed by atoms with van der Waals surface area (Å²) >= 11 is 2.83. The van der Waals surface area contributed by atoms with Crippen molar-refractivity contribution < 1.29 is 14.1 Å². The standard InChI is InChI=1S/C24H21N5O3S2/c1-13-18(14(2)32-29-13)11-33-23-17(4-3-9-25-23)22(31)28-24-27-20(12-34-24)16-5-7-19-15(10-16)6-8-21(30)26-19/h3-5,7,9-10,12H,6,8,11H2,1-2H3,(H,26,30)(H,27,28,31). The van der Waals surface area contributed by atoms with E-state index >= 15 is 0 Å². The van der Waals surface area contributed by atoms with Crippen molar-refractivity contribution in [2.75, 3.05) is 10.6 Å². The molecule has 0 aliphatic carbocycles. The highest BCUT2D eigenvalue weighted by atomic mass is 32.2. The number of carbonyl (C=O) groups is 2. The van der Waals surface area contributed by atoms with Crippen molar-refractivity contribution in [2.24, 2.45) is 0 Å². The largest absolute Gasteiger partial charge is 0.361 e. The van der Waals surface area contributed by atoms with Crippen molar-refractivity contribution in [3.05, 3.63) is 70.1 Å². The van der Waals surface area contributed by atoms with E-state index in [0.717, 1.165) is 39.5 Å². The second kappa shape index (κ2) is 9.40. The number of thioether (sulfide) groups is 1. The molecule has 1 aliphatic heterocycles. The molecule has 4 aromatic rings. The van der Waals surface area contributed by atoms with Crippen LogP contribution < -0.4 is 10.6 Å². The van der Waals surface area contributed by atoms with Gasteiger partial charge in [0.2, 0.25) is 5.91 Å². The quantitative estimate of drug-likeness (QED) is 0.355. The van der Waals surface area contributed by atoms with Gasteiger partial charge >= 0.3 is 0 Å². The monoisotopic (exact) mass is 491 g/mol. The number of hydrogen-bond acceptors (Lipinski definition) is 8. The van der Waals surface area contributed by atoms with Gasteiger partial charge < -0.3 is 9.84 Å². The third-order valence-electron chi connectivity index (χ3n) is 5.57. The second-order valence-electron chi connectivity index (χ2n) is 7.86. The SMILES string of the molecule is Cc1noc(C)c1CSc1ncccc1C(=O)Nc1nc(-c2ccc3c(c2)CCC(=O)N3)cs1. The lowest BCUT2D eigenvalue weighted by atomic mass is 9.99. The van der Waals surface area contributed by atoms with E-state index in [9.17, 15) is 9.59 Å². The molecule has 1 aromatic carbocycles. The lowest BCUT2D eigenvalue weighted by Crippen LogP contribution is -2.18. The van der Waals surface area contributed by atoms with Gasteiger partial charge in [-0.3, -0.25) is 14.9 Å². The molecule has 0 atom stereocenters. The average molecular weight is 492 g/mol. The number of aryl methyl sites for hydroxylation is 3. The van der Waals surface area contributed by atoms with E-state index in [2.05, 4.69) is 25.8 Å². The van der Waals surface area contributed by atoms with E-state index in [-0.39, 0.29) is 11.8 Å². The van der Waals surface area contributed by atoms with Crippen LogP contribution in [-0.2, 0) is 17.0 Å². The van der Waals surface area contributed by atoms with Crippen molar-refractivity contribution in [3.8, 4) is 11.3 Å². The number of carbonyl (C=O) groups excluding carboxylic acids is 2. The molecule has 10 heteroatoms. The predicted molar refractivity (Wildman–Crippen MR) is 132 cm³/mol. The van der Waals surface area contributed by atoms with Crippen LogP contribution in [0.25, 0.3) is 11.3 Å². The van der Waals surface area contributed by atoms with Gasteiger partial charge in [-0.05, 0) is 50.1 Å². The third kappa shape index (κ3) is 4.59. The molecule has 34 heavy (non-hydrogen) atoms. The molecule has 8 nitrogen and oxygen atoms in total. The highest BCUT2D eigenvalue weighted by Crippen LogP contribution is 2.32. The summed E-state index contributed by atoms with van der Waals surface area (Å²) in [5.41, 5.74) is 6.00. The van der Waals surface area contributed by atoms with Gasteiger partial charge in [-0.25, -0.2) is 9.97 Å². The third-order valence-corrected chi connectivity index (χ3v) is 7.36. The summed E-state index contributed by atoms with van der Waals surface area (Å²) in [7, 11) is 0. The Kier molecular flexibility index (Phi) is 6.16. The first-order valence-corrected chi connectivity index (χ1v) is 12.5. The number of pyridine rings is 1. The summed E-state index contributed by atoms with van der Waals surface area (Å²) in [6.45, 7) is 3.78. The minimum absolute atomic E-state index is 0.0403. The van der Waals surface area contributed by atoms with Crippen molar-refractivity contribution >= 4 is 45.7 Å². The minimum Gasteiger partial charge on any atom is -0.361 e. The molecule has 0 saturated heterocycles. The van der Waals surface area contributed by atoms with Crippen LogP contribution in [0.3, 0.4) is 0 Å². The molecule has 2 amide bonds. The Hall–Kier alpha value is -3.50. The maximum Gasteiger partial charge on any atom is 0.260 e. The van der Waals surface area contributed by atoms with Crippen LogP contribution >= 0.6 is 23.1 Å². The number of fused-ring (bicyclic) bond motifs is 1. The fraction of sp³-hybridized carbons (Fsp3) is 0.208. The first-order valence-electron chi connectivity index (χ1n) is 10.7. The number of thiazole rings is 1. The fourth-order valence-electron chi connectivity index (χ4n) is 3.70. The Morgan fingerprint density at radius 2 is 2.15 bits per heavy atom. The lowest BCUT2D eigenvalue weighted by Gasteiger charge is -2.17. The van der Waals surface area contributed by atoms with Crippen molar-refractivity contribution in [3.63, 3.8) is 0 Å². The normalized spacial score (nSPS) is 12.8. The lowest BCUT2D eigenvalue weighted by molar-refractivity contribution is -0.116. The number of amides is 2. The molecule has 2 N–H and O–H groups in total. The minimum atomic E-state index is -0.261. The highest BCUT2D eigenvalue weighted by Gasteiger charge is 2.18. The van der Waals surface area contributed by atoms with Crippen molar-refractivity contribution in [1.29, 1.82) is 0 Å². The fourth-order valence-corrected chi connectivity index (χ4v) is 5.56. The van der Waals surface area contributed by atoms with E-state index in [4.69, 9.17) is 4.52 Å². The van der Waals surface area contributed by atoms with Crippen LogP contribution in [0.1, 0.15) is 39.4 Å². The Bertz CT molecular complexity index is 1380. The molecule has 0 fully saturated rings. The number of benzene rings is 1. The Balaban J connectivity index is 1.30. The molecular formula is C24H21N5O3S2. The van der Waals surface area contributed by atoms with E-state index < -0.39 is 0 Å². The molecule has 0 spiro atoms. The van der Waals surface area contributed by atoms with E-state index in [1.807, 2.05) is 37.4 Å². The molecule has 0 radical (unpaired) electrons. The predicted octanol–water partition coefficient (Wildman–Crippen LogP) is 5.24. The van der Waals surface area contributed by atoms with Crippen LogP contribution in [0.4, 0.5) is 10.8 Å². The summed E-state index contributed by atoms with van der Waals surface area (Å²) in [5.74, 6) is 1.16. The molecule has 172 valence electrons. The first-order chi connectivity index (χ1) is 16.5. The first kappa shape index (κ1) is 22.3. The Morgan fingerprint density at radius 1 is 1.26 bits per heavy atom. The van der Waals surface area contributed by atoms with Gasteiger partial charge in [-0.15, -0.1) is 23.1 Å². The number of aromatic nitrogens is 3. The number of anilines is 2. The highest BCUT2D eigenvalue weighted by molar-refractivity contribution is 7.98. The second-order valence-corrected chi connectivity index (χ2v) is 9.68. The van der Waals surface area contributed by atoms with Gasteiger partial charge in [-0.1, -0.05) is 11.2 Å². The molecule has 0 bridgehead atoms. The van der Waals surface area contributed by atoms with Gasteiger partial charge in [0.1, 0.15) is 10.8 Å². The smallest absolute Gasteiger partial charge is 0.260 e. The van der Waals surface area contributed by atoms with Crippen LogP contribution in [0.15, 0.2) is 51.5 Å². The zero-order chi connectivity index (χ0) is 23.7. The number of hydrogen-bond donors (Lipinski definition) is 2. The maximum absolute atomic E-state index is 13.0. The molecule has 1 aliphatic rings. The molecular weight excluding hydrogens is 470 g/mol. The Morgan fingerprint density at radius 3 is 2.97 bits per heavy atom. The average Bonchev–Trinajstić information content (AvgIpc) is 3.43. The van der Waals surface area contributed by atoms with Crippen LogP contribution in [0, 0.1) is 13.8 Å². The number of nitrogens with one attached hydrogen (secondary N) is 2. The molecule has 4 heterocycles. The van der Waals surface area contributed by atoms with Crippen LogP contribution in [0.2, 0.25) is 0 Å². The molecule has 0 unspecified atom stereocenters. The summed E-state index contributed by atoms with van der Waals surface area (Å²) in [5, 5.41) is 12.8. The van der Waals surface area contributed by atoms with E-state index in [1.54, 1.807) is 18.3 Å². The number of rotatable bonds is 6. The molecule has 0 saturated carbocycles. The molecule has 3 aromatic heterocycles.